The highest BCUT2D eigenvalue weighted by molar-refractivity contribution is 5.97. The lowest BCUT2D eigenvalue weighted by Gasteiger charge is -2.27. The van der Waals surface area contributed by atoms with Crippen molar-refractivity contribution in [2.45, 2.75) is 19.4 Å². The van der Waals surface area contributed by atoms with Gasteiger partial charge in [-0.05, 0) is 45.1 Å². The number of benzene rings is 1. The van der Waals surface area contributed by atoms with Crippen LogP contribution in [0.15, 0.2) is 18.2 Å². The maximum atomic E-state index is 13.6. The van der Waals surface area contributed by atoms with E-state index in [0.717, 1.165) is 44.3 Å². The number of carbonyl (C=O) groups excluding carboxylic acids is 1. The average Bonchev–Trinajstić information content (AvgIpc) is 2.54. The van der Waals surface area contributed by atoms with Crippen LogP contribution in [0.4, 0.5) is 8.78 Å². The summed E-state index contributed by atoms with van der Waals surface area (Å²) in [6.07, 6.45) is 0.972. The number of likely N-dealkylation sites (N-methyl/N-ethyl adjacent to an activating group) is 1. The number of hydrogen-bond donors (Lipinski definition) is 0. The molecular formula is C15H20F2N2O. The van der Waals surface area contributed by atoms with E-state index in [2.05, 4.69) is 11.8 Å². The highest BCUT2D eigenvalue weighted by Crippen LogP contribution is 2.14. The van der Waals surface area contributed by atoms with Gasteiger partial charge in [0.05, 0.1) is 12.1 Å². The van der Waals surface area contributed by atoms with Crippen molar-refractivity contribution in [2.24, 2.45) is 0 Å². The number of Topliss-reactive ketones (excluding diaryl/α,β-unsaturated/α-hetero) is 1. The first kappa shape index (κ1) is 15.1. The molecule has 1 aliphatic heterocycles. The lowest BCUT2D eigenvalue weighted by atomic mass is 10.1. The Morgan fingerprint density at radius 2 is 2.10 bits per heavy atom. The first-order valence-corrected chi connectivity index (χ1v) is 6.88. The maximum absolute atomic E-state index is 13.6. The van der Waals surface area contributed by atoms with Crippen molar-refractivity contribution in [2.75, 3.05) is 33.2 Å². The molecule has 1 fully saturated rings. The summed E-state index contributed by atoms with van der Waals surface area (Å²) in [5, 5.41) is 0. The van der Waals surface area contributed by atoms with Crippen LogP contribution in [0.5, 0.6) is 0 Å². The van der Waals surface area contributed by atoms with Gasteiger partial charge < -0.3 is 4.90 Å². The van der Waals surface area contributed by atoms with E-state index in [0.29, 0.717) is 0 Å². The monoisotopic (exact) mass is 282 g/mol. The third-order valence-electron chi connectivity index (χ3n) is 3.76. The van der Waals surface area contributed by atoms with Crippen LogP contribution in [0.25, 0.3) is 0 Å². The molecule has 1 aromatic rings. The minimum absolute atomic E-state index is 0.134. The largest absolute Gasteiger partial charge is 0.305 e. The normalized spacial score (nSPS) is 21.7. The third kappa shape index (κ3) is 3.61. The Kier molecular flexibility index (Phi) is 4.83. The first-order chi connectivity index (χ1) is 9.47. The van der Waals surface area contributed by atoms with Gasteiger partial charge in [-0.2, -0.15) is 0 Å². The summed E-state index contributed by atoms with van der Waals surface area (Å²) in [5.74, 6) is -1.60. The Balaban J connectivity index is 2.08. The van der Waals surface area contributed by atoms with E-state index in [4.69, 9.17) is 0 Å². The van der Waals surface area contributed by atoms with Crippen LogP contribution in [0.1, 0.15) is 23.7 Å². The van der Waals surface area contributed by atoms with Gasteiger partial charge in [-0.3, -0.25) is 9.69 Å². The average molecular weight is 282 g/mol. The lowest BCUT2D eigenvalue weighted by Crippen LogP contribution is -2.41. The van der Waals surface area contributed by atoms with Crippen LogP contribution in [0.3, 0.4) is 0 Å². The molecule has 20 heavy (non-hydrogen) atoms. The predicted octanol–water partition coefficient (Wildman–Crippen LogP) is 2.17. The van der Waals surface area contributed by atoms with Gasteiger partial charge in [-0.25, -0.2) is 8.78 Å². The summed E-state index contributed by atoms with van der Waals surface area (Å²) in [5.41, 5.74) is -0.158. The Labute approximate surface area is 118 Å². The summed E-state index contributed by atoms with van der Waals surface area (Å²) >= 11 is 0. The topological polar surface area (TPSA) is 23.6 Å². The summed E-state index contributed by atoms with van der Waals surface area (Å²) in [6, 6.07) is 3.23. The first-order valence-electron chi connectivity index (χ1n) is 6.88. The van der Waals surface area contributed by atoms with Gasteiger partial charge in [0.15, 0.2) is 5.78 Å². The molecule has 1 unspecified atom stereocenters. The van der Waals surface area contributed by atoms with Gasteiger partial charge in [-0.15, -0.1) is 0 Å². The molecule has 1 aliphatic rings. The molecule has 0 amide bonds. The van der Waals surface area contributed by atoms with E-state index >= 15 is 0 Å². The van der Waals surface area contributed by atoms with Gasteiger partial charge in [-0.1, -0.05) is 0 Å². The van der Waals surface area contributed by atoms with Gasteiger partial charge in [0.1, 0.15) is 11.6 Å². The lowest BCUT2D eigenvalue weighted by molar-refractivity contribution is 0.0895. The fourth-order valence-electron chi connectivity index (χ4n) is 2.64. The van der Waals surface area contributed by atoms with Crippen LogP contribution in [0.2, 0.25) is 0 Å². The van der Waals surface area contributed by atoms with Crippen LogP contribution >= 0.6 is 0 Å². The summed E-state index contributed by atoms with van der Waals surface area (Å²) in [6.45, 7) is 4.85. The zero-order valence-corrected chi connectivity index (χ0v) is 11.9. The molecule has 0 spiro atoms. The molecule has 3 nitrogen and oxygen atoms in total. The van der Waals surface area contributed by atoms with Crippen molar-refractivity contribution in [1.82, 2.24) is 9.80 Å². The highest BCUT2D eigenvalue weighted by Gasteiger charge is 2.23. The molecule has 0 N–H and O–H groups in total. The number of halogens is 2. The van der Waals surface area contributed by atoms with Crippen molar-refractivity contribution in [1.29, 1.82) is 0 Å². The van der Waals surface area contributed by atoms with Crippen molar-refractivity contribution >= 4 is 5.78 Å². The van der Waals surface area contributed by atoms with E-state index in [1.165, 1.54) is 0 Å². The summed E-state index contributed by atoms with van der Waals surface area (Å²) < 4.78 is 26.7. The van der Waals surface area contributed by atoms with E-state index in [1.807, 2.05) is 11.9 Å². The molecule has 0 radical (unpaired) electrons. The molecule has 0 saturated carbocycles. The zero-order valence-electron chi connectivity index (χ0n) is 11.9. The maximum Gasteiger partial charge on any atom is 0.179 e. The molecular weight excluding hydrogens is 262 g/mol. The Morgan fingerprint density at radius 1 is 1.35 bits per heavy atom. The molecule has 0 aromatic heterocycles. The van der Waals surface area contributed by atoms with Crippen molar-refractivity contribution in [3.8, 4) is 0 Å². The molecule has 1 heterocycles. The SMILES string of the molecule is CC1CN(C)CCCN1CC(=O)c1cc(F)ccc1F. The molecule has 110 valence electrons. The minimum atomic E-state index is -0.656. The minimum Gasteiger partial charge on any atom is -0.305 e. The van der Waals surface area contributed by atoms with Gasteiger partial charge in [0, 0.05) is 19.1 Å². The number of nitrogens with zero attached hydrogens (tertiary/aromatic N) is 2. The summed E-state index contributed by atoms with van der Waals surface area (Å²) in [7, 11) is 2.05. The van der Waals surface area contributed by atoms with Gasteiger partial charge >= 0.3 is 0 Å². The third-order valence-corrected chi connectivity index (χ3v) is 3.76. The van der Waals surface area contributed by atoms with Crippen LogP contribution in [-0.2, 0) is 0 Å². The standard InChI is InChI=1S/C15H20F2N2O/c1-11-9-18(2)6-3-7-19(11)10-15(20)13-8-12(16)4-5-14(13)17/h4-5,8,11H,3,6-7,9-10H2,1-2H3. The summed E-state index contributed by atoms with van der Waals surface area (Å²) in [4.78, 5) is 16.4. The Morgan fingerprint density at radius 3 is 2.85 bits per heavy atom. The highest BCUT2D eigenvalue weighted by atomic mass is 19.1. The Hall–Kier alpha value is -1.33. The second-order valence-corrected chi connectivity index (χ2v) is 5.48. The van der Waals surface area contributed by atoms with E-state index < -0.39 is 11.6 Å². The molecule has 0 aliphatic carbocycles. The van der Waals surface area contributed by atoms with E-state index in [-0.39, 0.29) is 23.9 Å². The van der Waals surface area contributed by atoms with Crippen LogP contribution in [0, 0.1) is 11.6 Å². The van der Waals surface area contributed by atoms with Gasteiger partial charge in [0.2, 0.25) is 0 Å². The molecule has 2 rings (SSSR count). The molecule has 5 heteroatoms. The predicted molar refractivity (Wildman–Crippen MR) is 73.8 cm³/mol. The second kappa shape index (κ2) is 6.41. The van der Waals surface area contributed by atoms with Gasteiger partial charge in [0.25, 0.3) is 0 Å². The van der Waals surface area contributed by atoms with E-state index in [9.17, 15) is 13.6 Å². The van der Waals surface area contributed by atoms with Crippen LogP contribution < -0.4 is 0 Å². The van der Waals surface area contributed by atoms with Crippen molar-refractivity contribution < 1.29 is 13.6 Å². The quantitative estimate of drug-likeness (QED) is 0.794. The molecule has 0 bridgehead atoms. The number of ketones is 1. The molecule has 1 saturated heterocycles. The Bertz CT molecular complexity index is 493. The van der Waals surface area contributed by atoms with Crippen LogP contribution in [-0.4, -0.2) is 54.9 Å². The smallest absolute Gasteiger partial charge is 0.179 e. The molecule has 1 aromatic carbocycles. The fraction of sp³-hybridized carbons (Fsp3) is 0.533. The number of rotatable bonds is 3. The number of carbonyl (C=O) groups is 1. The van der Waals surface area contributed by atoms with Crippen molar-refractivity contribution in [3.05, 3.63) is 35.4 Å². The van der Waals surface area contributed by atoms with Crippen molar-refractivity contribution in [3.63, 3.8) is 0 Å². The fourth-order valence-corrected chi connectivity index (χ4v) is 2.64. The second-order valence-electron chi connectivity index (χ2n) is 5.48. The zero-order chi connectivity index (χ0) is 14.7. The number of hydrogen-bond acceptors (Lipinski definition) is 3. The molecule has 1 atom stereocenters. The van der Waals surface area contributed by atoms with E-state index in [1.54, 1.807) is 0 Å².